The molecule has 0 aliphatic rings. The van der Waals surface area contributed by atoms with Crippen LogP contribution in [-0.4, -0.2) is 25.2 Å². The molecule has 0 saturated heterocycles. The predicted octanol–water partition coefficient (Wildman–Crippen LogP) is 4.62. The van der Waals surface area contributed by atoms with Crippen molar-refractivity contribution in [2.75, 3.05) is 14.2 Å². The van der Waals surface area contributed by atoms with Crippen LogP contribution in [0.4, 0.5) is 0 Å². The fourth-order valence-electron chi connectivity index (χ4n) is 3.03. The summed E-state index contributed by atoms with van der Waals surface area (Å²) < 4.78 is 16.2. The zero-order chi connectivity index (χ0) is 18.8. The highest BCUT2D eigenvalue weighted by Crippen LogP contribution is 2.31. The maximum atomic E-state index is 13.0. The number of esters is 1. The van der Waals surface area contributed by atoms with E-state index in [1.165, 1.54) is 0 Å². The van der Waals surface area contributed by atoms with Crippen molar-refractivity contribution in [1.29, 1.82) is 0 Å². The fourth-order valence-corrected chi connectivity index (χ4v) is 3.03. The van der Waals surface area contributed by atoms with Gasteiger partial charge in [-0.2, -0.15) is 0 Å². The van der Waals surface area contributed by atoms with Crippen LogP contribution in [0, 0.1) is 0 Å². The maximum Gasteiger partial charge on any atom is 0.344 e. The van der Waals surface area contributed by atoms with Gasteiger partial charge in [0.2, 0.25) is 0 Å². The lowest BCUT2D eigenvalue weighted by molar-refractivity contribution is 0.0739. The number of hydrogen-bond acceptors (Lipinski definition) is 5. The van der Waals surface area contributed by atoms with Crippen LogP contribution in [0.2, 0.25) is 0 Å². The molecule has 0 fully saturated rings. The number of benzene rings is 3. The molecule has 5 nitrogen and oxygen atoms in total. The van der Waals surface area contributed by atoms with Crippen molar-refractivity contribution in [2.24, 2.45) is 0 Å². The highest BCUT2D eigenvalue weighted by atomic mass is 16.5. The number of carbonyl (C=O) groups excluding carboxylic acids is 1. The van der Waals surface area contributed by atoms with E-state index in [0.717, 1.165) is 0 Å². The van der Waals surface area contributed by atoms with Gasteiger partial charge in [0.05, 0.1) is 30.8 Å². The molecule has 134 valence electrons. The van der Waals surface area contributed by atoms with E-state index in [4.69, 9.17) is 14.2 Å². The number of nitrogens with zero attached hydrogens (tertiary/aromatic N) is 1. The second-order valence-electron chi connectivity index (χ2n) is 5.96. The number of ether oxygens (including phenoxy) is 3. The van der Waals surface area contributed by atoms with Gasteiger partial charge < -0.3 is 14.2 Å². The number of pyridine rings is 1. The van der Waals surface area contributed by atoms with Crippen LogP contribution in [0.3, 0.4) is 0 Å². The minimum Gasteiger partial charge on any atom is -0.497 e. The average molecular weight is 359 g/mol. The summed E-state index contributed by atoms with van der Waals surface area (Å²) in [6.45, 7) is 0. The Morgan fingerprint density at radius 1 is 0.741 bits per heavy atom. The molecule has 0 N–H and O–H groups in total. The molecule has 0 bridgehead atoms. The van der Waals surface area contributed by atoms with Gasteiger partial charge in [0.15, 0.2) is 0 Å². The van der Waals surface area contributed by atoms with Crippen molar-refractivity contribution in [2.45, 2.75) is 0 Å². The molecule has 0 aliphatic carbocycles. The van der Waals surface area contributed by atoms with Crippen LogP contribution in [0.25, 0.3) is 21.8 Å². The van der Waals surface area contributed by atoms with Gasteiger partial charge in [0.25, 0.3) is 0 Å². The molecule has 1 heterocycles. The normalized spacial score (nSPS) is 10.7. The third-order valence-electron chi connectivity index (χ3n) is 4.35. The van der Waals surface area contributed by atoms with Crippen LogP contribution in [0.5, 0.6) is 17.2 Å². The molecule has 4 rings (SSSR count). The highest BCUT2D eigenvalue weighted by molar-refractivity contribution is 6.15. The SMILES string of the molecule is COc1ccc2c(C(=O)Oc3ccccc3)c3ccc(OC)cc3nc2c1. The summed E-state index contributed by atoms with van der Waals surface area (Å²) in [5, 5.41) is 1.41. The molecule has 5 heteroatoms. The summed E-state index contributed by atoms with van der Waals surface area (Å²) in [6.07, 6.45) is 0. The average Bonchev–Trinajstić information content (AvgIpc) is 2.71. The molecule has 0 spiro atoms. The van der Waals surface area contributed by atoms with Gasteiger partial charge in [-0.25, -0.2) is 9.78 Å². The van der Waals surface area contributed by atoms with Crippen molar-refractivity contribution < 1.29 is 19.0 Å². The Morgan fingerprint density at radius 3 is 1.81 bits per heavy atom. The topological polar surface area (TPSA) is 57.7 Å². The second kappa shape index (κ2) is 6.96. The molecule has 3 aromatic carbocycles. The predicted molar refractivity (Wildman–Crippen MR) is 104 cm³/mol. The van der Waals surface area contributed by atoms with Gasteiger partial charge in [-0.05, 0) is 36.4 Å². The Kier molecular flexibility index (Phi) is 4.34. The molecule has 0 saturated carbocycles. The summed E-state index contributed by atoms with van der Waals surface area (Å²) >= 11 is 0. The zero-order valence-electron chi connectivity index (χ0n) is 14.9. The Balaban J connectivity index is 1.95. The lowest BCUT2D eigenvalue weighted by atomic mass is 10.0. The van der Waals surface area contributed by atoms with Crippen molar-refractivity contribution in [3.8, 4) is 17.2 Å². The first-order valence-electron chi connectivity index (χ1n) is 8.42. The molecular weight excluding hydrogens is 342 g/mol. The van der Waals surface area contributed by atoms with E-state index in [1.807, 2.05) is 30.3 Å². The van der Waals surface area contributed by atoms with E-state index >= 15 is 0 Å². The smallest absolute Gasteiger partial charge is 0.344 e. The van der Waals surface area contributed by atoms with Crippen molar-refractivity contribution in [1.82, 2.24) is 4.98 Å². The first-order chi connectivity index (χ1) is 13.2. The van der Waals surface area contributed by atoms with Gasteiger partial charge in [-0.3, -0.25) is 0 Å². The number of rotatable bonds is 4. The van der Waals surface area contributed by atoms with Gasteiger partial charge in [-0.15, -0.1) is 0 Å². The van der Waals surface area contributed by atoms with Crippen LogP contribution in [0.1, 0.15) is 10.4 Å². The number of para-hydroxylation sites is 1. The van der Waals surface area contributed by atoms with E-state index in [-0.39, 0.29) is 0 Å². The van der Waals surface area contributed by atoms with Crippen LogP contribution < -0.4 is 14.2 Å². The number of aromatic nitrogens is 1. The standard InChI is InChI=1S/C22H17NO4/c1-25-15-8-10-17-19(12-15)23-20-13-16(26-2)9-11-18(20)21(17)22(24)27-14-6-4-3-5-7-14/h3-13H,1-2H3. The lowest BCUT2D eigenvalue weighted by Gasteiger charge is -2.12. The molecule has 0 aliphatic heterocycles. The van der Waals surface area contributed by atoms with Gasteiger partial charge in [-0.1, -0.05) is 18.2 Å². The first kappa shape index (κ1) is 16.8. The molecule has 0 amide bonds. The molecule has 1 aromatic heterocycles. The van der Waals surface area contributed by atoms with Gasteiger partial charge in [0, 0.05) is 22.9 Å². The van der Waals surface area contributed by atoms with E-state index in [0.29, 0.717) is 44.6 Å². The monoisotopic (exact) mass is 359 g/mol. The summed E-state index contributed by atoms with van der Waals surface area (Å²) in [6, 6.07) is 19.9. The van der Waals surface area contributed by atoms with Crippen molar-refractivity contribution >= 4 is 27.8 Å². The molecular formula is C22H17NO4. The molecule has 0 unspecified atom stereocenters. The Morgan fingerprint density at radius 2 is 1.30 bits per heavy atom. The molecule has 27 heavy (non-hydrogen) atoms. The van der Waals surface area contributed by atoms with Crippen LogP contribution in [0.15, 0.2) is 66.7 Å². The Bertz CT molecular complexity index is 1080. The minimum absolute atomic E-state index is 0.436. The maximum absolute atomic E-state index is 13.0. The summed E-state index contributed by atoms with van der Waals surface area (Å²) in [4.78, 5) is 17.7. The van der Waals surface area contributed by atoms with Gasteiger partial charge in [0.1, 0.15) is 17.2 Å². The minimum atomic E-state index is -0.436. The number of hydrogen-bond donors (Lipinski definition) is 0. The van der Waals surface area contributed by atoms with Crippen LogP contribution in [-0.2, 0) is 0 Å². The third kappa shape index (κ3) is 3.15. The third-order valence-corrected chi connectivity index (χ3v) is 4.35. The van der Waals surface area contributed by atoms with Gasteiger partial charge >= 0.3 is 5.97 Å². The number of fused-ring (bicyclic) bond motifs is 2. The summed E-state index contributed by atoms with van der Waals surface area (Å²) in [5.41, 5.74) is 1.76. The summed E-state index contributed by atoms with van der Waals surface area (Å²) in [5.74, 6) is 1.39. The van der Waals surface area contributed by atoms with E-state index in [2.05, 4.69) is 4.98 Å². The molecule has 0 radical (unpaired) electrons. The molecule has 4 aromatic rings. The summed E-state index contributed by atoms with van der Waals surface area (Å²) in [7, 11) is 3.19. The second-order valence-corrected chi connectivity index (χ2v) is 5.96. The fraction of sp³-hybridized carbons (Fsp3) is 0.0909. The van der Waals surface area contributed by atoms with E-state index < -0.39 is 5.97 Å². The quantitative estimate of drug-likeness (QED) is 0.302. The Hall–Kier alpha value is -3.60. The zero-order valence-corrected chi connectivity index (χ0v) is 14.9. The first-order valence-corrected chi connectivity index (χ1v) is 8.42. The van der Waals surface area contributed by atoms with Crippen molar-refractivity contribution in [3.05, 3.63) is 72.3 Å². The largest absolute Gasteiger partial charge is 0.497 e. The number of methoxy groups -OCH3 is 2. The molecule has 0 atom stereocenters. The number of carbonyl (C=O) groups is 1. The Labute approximate surface area is 156 Å². The lowest BCUT2D eigenvalue weighted by Crippen LogP contribution is -2.10. The van der Waals surface area contributed by atoms with E-state index in [9.17, 15) is 4.79 Å². The van der Waals surface area contributed by atoms with Crippen LogP contribution >= 0.6 is 0 Å². The highest BCUT2D eigenvalue weighted by Gasteiger charge is 2.19. The van der Waals surface area contributed by atoms with Crippen molar-refractivity contribution in [3.63, 3.8) is 0 Å². The van der Waals surface area contributed by atoms with E-state index in [1.54, 1.807) is 50.6 Å².